The predicted molar refractivity (Wildman–Crippen MR) is 100 cm³/mol. The van der Waals surface area contributed by atoms with Crippen molar-refractivity contribution in [3.63, 3.8) is 0 Å². The van der Waals surface area contributed by atoms with Crippen LogP contribution in [0.5, 0.6) is 0 Å². The van der Waals surface area contributed by atoms with E-state index in [1.54, 1.807) is 26.0 Å². The van der Waals surface area contributed by atoms with Gasteiger partial charge in [-0.15, -0.1) is 11.3 Å². The molecule has 0 radical (unpaired) electrons. The highest BCUT2D eigenvalue weighted by Gasteiger charge is 2.22. The van der Waals surface area contributed by atoms with Gasteiger partial charge in [-0.3, -0.25) is 4.79 Å². The molecule has 8 heteroatoms. The highest BCUT2D eigenvalue weighted by Crippen LogP contribution is 2.33. The molecule has 0 bridgehead atoms. The van der Waals surface area contributed by atoms with Crippen LogP contribution in [0.15, 0.2) is 24.3 Å². The van der Waals surface area contributed by atoms with Crippen molar-refractivity contribution in [2.24, 2.45) is 0 Å². The molecule has 138 valence electrons. The molecule has 0 spiro atoms. The maximum atomic E-state index is 12.1. The van der Waals surface area contributed by atoms with Gasteiger partial charge in [0, 0.05) is 9.90 Å². The zero-order valence-electron chi connectivity index (χ0n) is 14.6. The molecule has 0 atom stereocenters. The maximum Gasteiger partial charge on any atom is 0.341 e. The third-order valence-corrected chi connectivity index (χ3v) is 4.87. The number of anilines is 1. The smallest absolute Gasteiger partial charge is 0.341 e. The number of carbonyl (C=O) groups is 3. The molecule has 0 aliphatic rings. The summed E-state index contributed by atoms with van der Waals surface area (Å²) in [5.74, 6) is -1.71. The van der Waals surface area contributed by atoms with Crippen LogP contribution < -0.4 is 5.32 Å². The number of hydrogen-bond acceptors (Lipinski definition) is 6. The Morgan fingerprint density at radius 2 is 1.88 bits per heavy atom. The van der Waals surface area contributed by atoms with E-state index in [4.69, 9.17) is 21.1 Å². The summed E-state index contributed by atoms with van der Waals surface area (Å²) in [5.41, 5.74) is 1.32. The minimum Gasteiger partial charge on any atom is -0.462 e. The van der Waals surface area contributed by atoms with Gasteiger partial charge in [-0.1, -0.05) is 17.7 Å². The van der Waals surface area contributed by atoms with E-state index in [0.29, 0.717) is 15.6 Å². The lowest BCUT2D eigenvalue weighted by molar-refractivity contribution is -0.119. The second-order valence-electron chi connectivity index (χ2n) is 5.34. The van der Waals surface area contributed by atoms with Crippen molar-refractivity contribution in [3.05, 3.63) is 50.9 Å². The standard InChI is InChI=1S/C18H18ClNO5S/c1-4-24-18(23)15-10(2)11(3)26-16(15)20-14(21)9-25-17(22)12-6-5-7-13(19)8-12/h5-8H,4,9H2,1-3H3,(H,20,21). The van der Waals surface area contributed by atoms with Crippen molar-refractivity contribution in [2.45, 2.75) is 20.8 Å². The number of amides is 1. The van der Waals surface area contributed by atoms with Crippen LogP contribution in [0.1, 0.15) is 38.1 Å². The molecular formula is C18H18ClNO5S. The van der Waals surface area contributed by atoms with E-state index in [1.165, 1.54) is 23.5 Å². The summed E-state index contributed by atoms with van der Waals surface area (Å²) in [6.07, 6.45) is 0. The van der Waals surface area contributed by atoms with Crippen molar-refractivity contribution in [1.82, 2.24) is 0 Å². The quantitative estimate of drug-likeness (QED) is 0.748. The van der Waals surface area contributed by atoms with Crippen molar-refractivity contribution in [1.29, 1.82) is 0 Å². The fraction of sp³-hybridized carbons (Fsp3) is 0.278. The van der Waals surface area contributed by atoms with E-state index in [2.05, 4.69) is 5.32 Å². The lowest BCUT2D eigenvalue weighted by Crippen LogP contribution is -2.21. The molecular weight excluding hydrogens is 378 g/mol. The number of thiophene rings is 1. The Bertz CT molecular complexity index is 846. The SMILES string of the molecule is CCOC(=O)c1c(NC(=O)COC(=O)c2cccc(Cl)c2)sc(C)c1C. The number of ether oxygens (including phenoxy) is 2. The number of nitrogens with one attached hydrogen (secondary N) is 1. The normalized spacial score (nSPS) is 10.3. The third kappa shape index (κ3) is 4.83. The topological polar surface area (TPSA) is 81.7 Å². The van der Waals surface area contributed by atoms with Gasteiger partial charge >= 0.3 is 11.9 Å². The zero-order valence-corrected chi connectivity index (χ0v) is 16.1. The molecule has 0 aliphatic carbocycles. The molecule has 0 unspecified atom stereocenters. The number of rotatable bonds is 6. The average Bonchev–Trinajstić information content (AvgIpc) is 2.86. The first-order chi connectivity index (χ1) is 12.3. The summed E-state index contributed by atoms with van der Waals surface area (Å²) < 4.78 is 10.0. The summed E-state index contributed by atoms with van der Waals surface area (Å²) in [6, 6.07) is 6.23. The number of halogens is 1. The van der Waals surface area contributed by atoms with Gasteiger partial charge in [0.25, 0.3) is 5.91 Å². The van der Waals surface area contributed by atoms with E-state index < -0.39 is 24.5 Å². The van der Waals surface area contributed by atoms with Crippen LogP contribution in [0.4, 0.5) is 5.00 Å². The number of carbonyl (C=O) groups excluding carboxylic acids is 3. The number of benzene rings is 1. The monoisotopic (exact) mass is 395 g/mol. The van der Waals surface area contributed by atoms with Gasteiger partial charge in [0.15, 0.2) is 6.61 Å². The van der Waals surface area contributed by atoms with Crippen molar-refractivity contribution >= 4 is 45.8 Å². The van der Waals surface area contributed by atoms with Crippen LogP contribution in [0, 0.1) is 13.8 Å². The Morgan fingerprint density at radius 1 is 1.15 bits per heavy atom. The van der Waals surface area contributed by atoms with E-state index in [9.17, 15) is 14.4 Å². The van der Waals surface area contributed by atoms with Gasteiger partial charge < -0.3 is 14.8 Å². The van der Waals surface area contributed by atoms with Gasteiger partial charge in [0.2, 0.25) is 0 Å². The highest BCUT2D eigenvalue weighted by atomic mass is 35.5. The molecule has 0 fully saturated rings. The van der Waals surface area contributed by atoms with E-state index in [0.717, 1.165) is 10.4 Å². The second kappa shape index (κ2) is 8.82. The van der Waals surface area contributed by atoms with Crippen molar-refractivity contribution < 1.29 is 23.9 Å². The summed E-state index contributed by atoms with van der Waals surface area (Å²) in [7, 11) is 0. The Balaban J connectivity index is 2.03. The Hall–Kier alpha value is -2.38. The molecule has 26 heavy (non-hydrogen) atoms. The number of aryl methyl sites for hydroxylation is 1. The third-order valence-electron chi connectivity index (χ3n) is 3.51. The largest absolute Gasteiger partial charge is 0.462 e. The van der Waals surface area contributed by atoms with E-state index in [1.807, 2.05) is 6.92 Å². The van der Waals surface area contributed by atoms with Crippen LogP contribution in [-0.2, 0) is 14.3 Å². The maximum absolute atomic E-state index is 12.1. The van der Waals surface area contributed by atoms with E-state index in [-0.39, 0.29) is 12.2 Å². The Morgan fingerprint density at radius 3 is 2.54 bits per heavy atom. The number of hydrogen-bond donors (Lipinski definition) is 1. The molecule has 1 N–H and O–H groups in total. The molecule has 2 aromatic rings. The van der Waals surface area contributed by atoms with E-state index >= 15 is 0 Å². The molecule has 1 amide bonds. The second-order valence-corrected chi connectivity index (χ2v) is 7.00. The summed E-state index contributed by atoms with van der Waals surface area (Å²) in [6.45, 7) is 5.09. The van der Waals surface area contributed by atoms with Crippen LogP contribution in [0.2, 0.25) is 5.02 Å². The van der Waals surface area contributed by atoms with Gasteiger partial charge in [-0.05, 0) is 44.5 Å². The minimum absolute atomic E-state index is 0.234. The molecule has 1 aromatic carbocycles. The van der Waals surface area contributed by atoms with Gasteiger partial charge in [0.1, 0.15) is 5.00 Å². The van der Waals surface area contributed by atoms with Crippen LogP contribution >= 0.6 is 22.9 Å². The van der Waals surface area contributed by atoms with Crippen molar-refractivity contribution in [2.75, 3.05) is 18.5 Å². The fourth-order valence-electron chi connectivity index (χ4n) is 2.16. The summed E-state index contributed by atoms with van der Waals surface area (Å²) in [4.78, 5) is 37.0. The highest BCUT2D eigenvalue weighted by molar-refractivity contribution is 7.16. The molecule has 0 aliphatic heterocycles. The molecule has 2 rings (SSSR count). The van der Waals surface area contributed by atoms with Crippen LogP contribution in [0.3, 0.4) is 0 Å². The Kier molecular flexibility index (Phi) is 6.76. The number of esters is 2. The van der Waals surface area contributed by atoms with Gasteiger partial charge in [-0.2, -0.15) is 0 Å². The lowest BCUT2D eigenvalue weighted by atomic mass is 10.1. The molecule has 0 saturated carbocycles. The lowest BCUT2D eigenvalue weighted by Gasteiger charge is -2.08. The summed E-state index contributed by atoms with van der Waals surface area (Å²) in [5, 5.41) is 3.38. The molecule has 6 nitrogen and oxygen atoms in total. The summed E-state index contributed by atoms with van der Waals surface area (Å²) >= 11 is 7.08. The molecule has 1 aromatic heterocycles. The first kappa shape index (κ1) is 19.9. The first-order valence-corrected chi connectivity index (χ1v) is 9.02. The van der Waals surface area contributed by atoms with Crippen LogP contribution in [0.25, 0.3) is 0 Å². The fourth-order valence-corrected chi connectivity index (χ4v) is 3.41. The van der Waals surface area contributed by atoms with Crippen molar-refractivity contribution in [3.8, 4) is 0 Å². The average molecular weight is 396 g/mol. The van der Waals surface area contributed by atoms with Gasteiger partial charge in [-0.25, -0.2) is 9.59 Å². The zero-order chi connectivity index (χ0) is 19.3. The predicted octanol–water partition coefficient (Wildman–Crippen LogP) is 3.99. The van der Waals surface area contributed by atoms with Crippen LogP contribution in [-0.4, -0.2) is 31.1 Å². The minimum atomic E-state index is -0.660. The molecule has 1 heterocycles. The molecule has 0 saturated heterocycles. The van der Waals surface area contributed by atoms with Gasteiger partial charge in [0.05, 0.1) is 17.7 Å². The first-order valence-electron chi connectivity index (χ1n) is 7.83. The Labute approximate surface area is 160 Å².